The number of anilines is 2. The summed E-state index contributed by atoms with van der Waals surface area (Å²) >= 11 is 6.05. The molecule has 4 aromatic rings. The quantitative estimate of drug-likeness (QED) is 0.175. The normalized spacial score (nSPS) is 17.9. The first-order valence-corrected chi connectivity index (χ1v) is 14.5. The van der Waals surface area contributed by atoms with Crippen LogP contribution in [-0.4, -0.2) is 55.5 Å². The fourth-order valence-electron chi connectivity index (χ4n) is 5.43. The summed E-state index contributed by atoms with van der Waals surface area (Å²) < 4.78 is 22.9. The topological polar surface area (TPSA) is 128 Å². The Kier molecular flexibility index (Phi) is 8.49. The number of carbonyl (C=O) groups excluding carboxylic acids is 3. The number of aryl methyl sites for hydroxylation is 1. The summed E-state index contributed by atoms with van der Waals surface area (Å²) in [7, 11) is 0. The number of hydrogen-bond acceptors (Lipinski definition) is 8. The van der Waals surface area contributed by atoms with Crippen molar-refractivity contribution >= 4 is 51.7 Å². The van der Waals surface area contributed by atoms with Crippen LogP contribution in [0.4, 0.5) is 11.4 Å². The maximum absolute atomic E-state index is 13.5. The standard InChI is InChI=1S/C33H29ClN2O8/c1-19-14-22(7-9-27(19)36-32(39)24-8-6-21(34)17-25(24)33(36)40)35-31(38)29-15-20(16-30(44-29)42-13-12-41-11-10-37)26-18-43-28-5-3-2-4-23(26)28/h2-9,14-15,17-18,20,30,37H,10-13,16H2,1H3,(H,35,38). The molecular weight excluding hydrogens is 588 g/mol. The Morgan fingerprint density at radius 2 is 1.86 bits per heavy atom. The second-order valence-electron chi connectivity index (χ2n) is 10.4. The number of rotatable bonds is 10. The molecule has 3 heterocycles. The third kappa shape index (κ3) is 5.85. The number of ether oxygens (including phenoxy) is 3. The Balaban J connectivity index is 1.21. The minimum atomic E-state index is -0.733. The maximum atomic E-state index is 13.5. The smallest absolute Gasteiger partial charge is 0.290 e. The Bertz CT molecular complexity index is 1780. The van der Waals surface area contributed by atoms with E-state index in [0.717, 1.165) is 21.4 Å². The largest absolute Gasteiger partial charge is 0.464 e. The first-order valence-electron chi connectivity index (χ1n) is 14.1. The van der Waals surface area contributed by atoms with Gasteiger partial charge in [0, 0.05) is 34.0 Å². The molecule has 2 atom stereocenters. The van der Waals surface area contributed by atoms with E-state index in [2.05, 4.69) is 5.32 Å². The summed E-state index contributed by atoms with van der Waals surface area (Å²) in [5.41, 5.74) is 3.63. The third-order valence-electron chi connectivity index (χ3n) is 7.50. The van der Waals surface area contributed by atoms with Crippen molar-refractivity contribution in [3.8, 4) is 0 Å². The lowest BCUT2D eigenvalue weighted by atomic mass is 9.92. The number of furan rings is 1. The van der Waals surface area contributed by atoms with Crippen LogP contribution in [0.25, 0.3) is 11.0 Å². The van der Waals surface area contributed by atoms with E-state index >= 15 is 0 Å². The van der Waals surface area contributed by atoms with Crippen molar-refractivity contribution in [2.24, 2.45) is 0 Å². The van der Waals surface area contributed by atoms with Gasteiger partial charge in [-0.1, -0.05) is 29.8 Å². The molecular formula is C33H29ClN2O8. The number of nitrogens with zero attached hydrogens (tertiary/aromatic N) is 1. The molecule has 10 nitrogen and oxygen atoms in total. The van der Waals surface area contributed by atoms with Gasteiger partial charge in [-0.25, -0.2) is 4.90 Å². The van der Waals surface area contributed by atoms with Crippen molar-refractivity contribution in [2.75, 3.05) is 36.6 Å². The molecule has 2 unspecified atom stereocenters. The molecule has 3 aromatic carbocycles. The van der Waals surface area contributed by atoms with Crippen molar-refractivity contribution in [1.82, 2.24) is 0 Å². The predicted octanol–water partition coefficient (Wildman–Crippen LogP) is 5.57. The average molecular weight is 617 g/mol. The van der Waals surface area contributed by atoms with Crippen LogP contribution in [-0.2, 0) is 19.0 Å². The van der Waals surface area contributed by atoms with Crippen LogP contribution in [0.15, 0.2) is 83.2 Å². The van der Waals surface area contributed by atoms with Crippen LogP contribution >= 0.6 is 11.6 Å². The van der Waals surface area contributed by atoms with Gasteiger partial charge in [0.05, 0.1) is 49.5 Å². The molecule has 2 aliphatic heterocycles. The second kappa shape index (κ2) is 12.6. The molecule has 226 valence electrons. The Hall–Kier alpha value is -4.48. The van der Waals surface area contributed by atoms with Crippen molar-refractivity contribution in [2.45, 2.75) is 25.6 Å². The second-order valence-corrected chi connectivity index (χ2v) is 10.8. The number of allylic oxidation sites excluding steroid dienone is 1. The monoisotopic (exact) mass is 616 g/mol. The highest BCUT2D eigenvalue weighted by atomic mass is 35.5. The van der Waals surface area contributed by atoms with E-state index in [1.165, 1.54) is 6.07 Å². The molecule has 11 heteroatoms. The number of aliphatic hydroxyl groups excluding tert-OH is 1. The van der Waals surface area contributed by atoms with E-state index in [0.29, 0.717) is 28.4 Å². The van der Waals surface area contributed by atoms with Crippen LogP contribution in [0.2, 0.25) is 5.02 Å². The van der Waals surface area contributed by atoms with Gasteiger partial charge in [-0.2, -0.15) is 0 Å². The summed E-state index contributed by atoms with van der Waals surface area (Å²) in [5.74, 6) is -1.54. The highest BCUT2D eigenvalue weighted by Crippen LogP contribution is 2.37. The van der Waals surface area contributed by atoms with Crippen molar-refractivity contribution in [3.63, 3.8) is 0 Å². The number of halogens is 1. The molecule has 0 spiro atoms. The Labute approximate surface area is 257 Å². The fourth-order valence-corrected chi connectivity index (χ4v) is 5.61. The van der Waals surface area contributed by atoms with E-state index in [1.807, 2.05) is 24.3 Å². The molecule has 0 bridgehead atoms. The highest BCUT2D eigenvalue weighted by Gasteiger charge is 2.37. The van der Waals surface area contributed by atoms with Gasteiger partial charge in [0.15, 0.2) is 5.76 Å². The van der Waals surface area contributed by atoms with Gasteiger partial charge in [0.1, 0.15) is 5.58 Å². The zero-order chi connectivity index (χ0) is 30.8. The predicted molar refractivity (Wildman–Crippen MR) is 163 cm³/mol. The number of benzene rings is 3. The molecule has 1 aromatic heterocycles. The number of para-hydroxylation sites is 1. The van der Waals surface area contributed by atoms with Crippen LogP contribution in [0.3, 0.4) is 0 Å². The lowest BCUT2D eigenvalue weighted by Gasteiger charge is -2.29. The molecule has 0 radical (unpaired) electrons. The van der Waals surface area contributed by atoms with Gasteiger partial charge in [0.25, 0.3) is 17.7 Å². The summed E-state index contributed by atoms with van der Waals surface area (Å²) in [5, 5.41) is 13.1. The van der Waals surface area contributed by atoms with E-state index < -0.39 is 24.0 Å². The first kappa shape index (κ1) is 29.6. The van der Waals surface area contributed by atoms with E-state index in [-0.39, 0.29) is 49.2 Å². The number of amides is 3. The van der Waals surface area contributed by atoms with Gasteiger partial charge < -0.3 is 29.1 Å². The van der Waals surface area contributed by atoms with E-state index in [1.54, 1.807) is 49.6 Å². The SMILES string of the molecule is Cc1cc(NC(=O)C2=CC(c3coc4ccccc34)CC(OCCOCCO)O2)ccc1N1C(=O)c2ccc(Cl)cc2C1=O. The number of imide groups is 1. The van der Waals surface area contributed by atoms with E-state index in [9.17, 15) is 14.4 Å². The number of carbonyl (C=O) groups is 3. The fraction of sp³-hybridized carbons (Fsp3) is 0.242. The van der Waals surface area contributed by atoms with Crippen LogP contribution in [0.1, 0.15) is 44.2 Å². The Morgan fingerprint density at radius 1 is 1.05 bits per heavy atom. The molecule has 2 N–H and O–H groups in total. The average Bonchev–Trinajstić information content (AvgIpc) is 3.55. The van der Waals surface area contributed by atoms with Crippen LogP contribution in [0, 0.1) is 6.92 Å². The molecule has 44 heavy (non-hydrogen) atoms. The van der Waals surface area contributed by atoms with Crippen LogP contribution < -0.4 is 10.2 Å². The number of hydrogen-bond donors (Lipinski definition) is 2. The van der Waals surface area contributed by atoms with Crippen molar-refractivity contribution < 1.29 is 38.1 Å². The number of fused-ring (bicyclic) bond motifs is 2. The lowest BCUT2D eigenvalue weighted by molar-refractivity contribution is -0.148. The number of nitrogens with one attached hydrogen (secondary N) is 1. The molecule has 2 aliphatic rings. The highest BCUT2D eigenvalue weighted by molar-refractivity contribution is 6.37. The van der Waals surface area contributed by atoms with Gasteiger partial charge in [0.2, 0.25) is 6.29 Å². The lowest BCUT2D eigenvalue weighted by Crippen LogP contribution is -2.30. The molecule has 0 fully saturated rings. The van der Waals surface area contributed by atoms with Gasteiger partial charge in [-0.3, -0.25) is 14.4 Å². The van der Waals surface area contributed by atoms with Crippen LogP contribution in [0.5, 0.6) is 0 Å². The van der Waals surface area contributed by atoms with E-state index in [4.69, 9.17) is 35.3 Å². The molecule has 0 saturated carbocycles. The van der Waals surface area contributed by atoms with Gasteiger partial charge >= 0.3 is 0 Å². The number of aliphatic hydroxyl groups is 1. The zero-order valence-electron chi connectivity index (χ0n) is 23.7. The Morgan fingerprint density at radius 3 is 2.68 bits per heavy atom. The zero-order valence-corrected chi connectivity index (χ0v) is 24.5. The van der Waals surface area contributed by atoms with Crippen molar-refractivity contribution in [3.05, 3.63) is 106 Å². The summed E-state index contributed by atoms with van der Waals surface area (Å²) in [6, 6.07) is 17.2. The molecule has 3 amide bonds. The molecule has 0 saturated heterocycles. The van der Waals surface area contributed by atoms with Gasteiger partial charge in [-0.15, -0.1) is 0 Å². The summed E-state index contributed by atoms with van der Waals surface area (Å²) in [6.45, 7) is 2.34. The van der Waals surface area contributed by atoms with Crippen molar-refractivity contribution in [1.29, 1.82) is 0 Å². The molecule has 6 rings (SSSR count). The molecule has 0 aliphatic carbocycles. The first-order chi connectivity index (χ1) is 21.3. The minimum absolute atomic E-state index is 0.0757. The summed E-state index contributed by atoms with van der Waals surface area (Å²) in [6.07, 6.45) is 3.15. The van der Waals surface area contributed by atoms with Gasteiger partial charge in [-0.05, 0) is 61.0 Å². The maximum Gasteiger partial charge on any atom is 0.290 e. The minimum Gasteiger partial charge on any atom is -0.464 e. The summed E-state index contributed by atoms with van der Waals surface area (Å²) in [4.78, 5) is 40.7. The third-order valence-corrected chi connectivity index (χ3v) is 7.74.